The van der Waals surface area contributed by atoms with Crippen LogP contribution in [0.3, 0.4) is 0 Å². The first kappa shape index (κ1) is 19.8. The monoisotopic (exact) mass is 476 g/mol. The number of carbonyl (C=O) groups excluding carboxylic acids is 1. The van der Waals surface area contributed by atoms with E-state index in [4.69, 9.17) is 15.2 Å². The molecule has 0 aliphatic carbocycles. The van der Waals surface area contributed by atoms with E-state index < -0.39 is 4.75 Å². The molecule has 0 spiro atoms. The third-order valence-electron chi connectivity index (χ3n) is 3.77. The second kappa shape index (κ2) is 7.02. The zero-order valence-electron chi connectivity index (χ0n) is 15.0. The third kappa shape index (κ3) is 3.43. The molecule has 1 amide bonds. The largest absolute Gasteiger partial charge is 0.492 e. The standard InChI is InChI=1S/C16H21IN4O3S/c1-7(22)21(4)11-8-10(9(17)12(23-5)13(11)24-6)19-15(16(2,3)25)20-14(8)18/h25H,1-6H3,(H2,18,19,20). The summed E-state index contributed by atoms with van der Waals surface area (Å²) in [5.74, 6) is 1.46. The minimum absolute atomic E-state index is 0.180. The van der Waals surface area contributed by atoms with E-state index in [2.05, 4.69) is 45.2 Å². The number of rotatable bonds is 4. The number of carbonyl (C=O) groups is 1. The second-order valence-corrected chi connectivity index (χ2v) is 8.22. The number of nitrogens with zero attached hydrogens (tertiary/aromatic N) is 3. The molecule has 7 nitrogen and oxygen atoms in total. The molecule has 0 aliphatic rings. The summed E-state index contributed by atoms with van der Waals surface area (Å²) in [4.78, 5) is 22.5. The summed E-state index contributed by atoms with van der Waals surface area (Å²) in [6.45, 7) is 5.22. The SMILES string of the molecule is COc1c(OC)c(N(C)C(C)=O)c2c(N)nc(C(C)(C)S)nc2c1I. The van der Waals surface area contributed by atoms with Crippen LogP contribution in [0.5, 0.6) is 11.5 Å². The van der Waals surface area contributed by atoms with Crippen molar-refractivity contribution in [1.29, 1.82) is 0 Å². The van der Waals surface area contributed by atoms with E-state index in [0.29, 0.717) is 33.9 Å². The summed E-state index contributed by atoms with van der Waals surface area (Å²) in [5, 5.41) is 0.543. The van der Waals surface area contributed by atoms with E-state index in [1.807, 2.05) is 13.8 Å². The van der Waals surface area contributed by atoms with Crippen molar-refractivity contribution in [3.63, 3.8) is 0 Å². The van der Waals surface area contributed by atoms with E-state index in [0.717, 1.165) is 3.57 Å². The predicted molar refractivity (Wildman–Crippen MR) is 111 cm³/mol. The first-order valence-electron chi connectivity index (χ1n) is 7.42. The summed E-state index contributed by atoms with van der Waals surface area (Å²) in [5.41, 5.74) is 7.32. The number of hydrogen-bond acceptors (Lipinski definition) is 7. The Morgan fingerprint density at radius 1 is 1.24 bits per heavy atom. The summed E-state index contributed by atoms with van der Waals surface area (Å²) >= 11 is 6.66. The quantitative estimate of drug-likeness (QED) is 0.521. The topological polar surface area (TPSA) is 90.6 Å². The molecule has 0 aliphatic heterocycles. The minimum atomic E-state index is -0.578. The molecule has 9 heteroatoms. The normalized spacial score (nSPS) is 11.5. The first-order chi connectivity index (χ1) is 11.5. The summed E-state index contributed by atoms with van der Waals surface area (Å²) in [7, 11) is 4.69. The highest BCUT2D eigenvalue weighted by atomic mass is 127. The van der Waals surface area contributed by atoms with Gasteiger partial charge in [-0.25, -0.2) is 9.97 Å². The summed E-state index contributed by atoms with van der Waals surface area (Å²) < 4.78 is 11.2. The average Bonchev–Trinajstić information content (AvgIpc) is 2.53. The van der Waals surface area contributed by atoms with Gasteiger partial charge >= 0.3 is 0 Å². The molecule has 25 heavy (non-hydrogen) atoms. The molecule has 2 N–H and O–H groups in total. The fourth-order valence-corrected chi connectivity index (χ4v) is 3.38. The van der Waals surface area contributed by atoms with Crippen LogP contribution in [-0.4, -0.2) is 37.1 Å². The van der Waals surface area contributed by atoms with Crippen LogP contribution < -0.4 is 20.1 Å². The smallest absolute Gasteiger partial charge is 0.223 e. The van der Waals surface area contributed by atoms with Crippen molar-refractivity contribution in [1.82, 2.24) is 9.97 Å². The van der Waals surface area contributed by atoms with Gasteiger partial charge in [0.15, 0.2) is 11.5 Å². The summed E-state index contributed by atoms with van der Waals surface area (Å²) in [6, 6.07) is 0. The minimum Gasteiger partial charge on any atom is -0.492 e. The number of anilines is 2. The maximum Gasteiger partial charge on any atom is 0.223 e. The Labute approximate surface area is 165 Å². The Kier molecular flexibility index (Phi) is 5.57. The number of nitrogen functional groups attached to an aromatic ring is 1. The molecular weight excluding hydrogens is 455 g/mol. The van der Waals surface area contributed by atoms with Crippen molar-refractivity contribution < 1.29 is 14.3 Å². The molecule has 0 saturated carbocycles. The third-order valence-corrected chi connectivity index (χ3v) is 4.97. The Bertz CT molecular complexity index is 852. The number of halogens is 1. The van der Waals surface area contributed by atoms with Gasteiger partial charge in [-0.2, -0.15) is 12.6 Å². The van der Waals surface area contributed by atoms with Crippen molar-refractivity contribution in [3.05, 3.63) is 9.39 Å². The van der Waals surface area contributed by atoms with Gasteiger partial charge < -0.3 is 20.1 Å². The zero-order valence-corrected chi connectivity index (χ0v) is 18.0. The van der Waals surface area contributed by atoms with Gasteiger partial charge in [0.05, 0.1) is 33.4 Å². The van der Waals surface area contributed by atoms with Crippen molar-refractivity contribution in [2.45, 2.75) is 25.5 Å². The lowest BCUT2D eigenvalue weighted by Crippen LogP contribution is -2.25. The van der Waals surface area contributed by atoms with Crippen molar-refractivity contribution in [3.8, 4) is 11.5 Å². The Morgan fingerprint density at radius 2 is 1.80 bits per heavy atom. The number of thiol groups is 1. The molecule has 2 rings (SSSR count). The molecular formula is C16H21IN4O3S. The van der Waals surface area contributed by atoms with E-state index in [9.17, 15) is 4.79 Å². The van der Waals surface area contributed by atoms with Crippen molar-refractivity contribution >= 4 is 63.5 Å². The molecule has 0 radical (unpaired) electrons. The van der Waals surface area contributed by atoms with Gasteiger partial charge in [-0.1, -0.05) is 0 Å². The van der Waals surface area contributed by atoms with Gasteiger partial charge in [0.25, 0.3) is 0 Å². The molecule has 0 saturated heterocycles. The molecule has 2 aromatic rings. The van der Waals surface area contributed by atoms with Gasteiger partial charge in [-0.05, 0) is 36.4 Å². The Hall–Kier alpha value is -1.49. The van der Waals surface area contributed by atoms with Crippen LogP contribution in [-0.2, 0) is 9.54 Å². The van der Waals surface area contributed by atoms with Gasteiger partial charge in [-0.3, -0.25) is 4.79 Å². The van der Waals surface area contributed by atoms with Crippen LogP contribution in [0.15, 0.2) is 0 Å². The van der Waals surface area contributed by atoms with E-state index in [1.54, 1.807) is 7.05 Å². The second-order valence-electron chi connectivity index (χ2n) is 6.02. The number of nitrogens with two attached hydrogens (primary N) is 1. The van der Waals surface area contributed by atoms with Crippen molar-refractivity contribution in [2.24, 2.45) is 0 Å². The maximum atomic E-state index is 12.0. The van der Waals surface area contributed by atoms with Gasteiger partial charge in [0.2, 0.25) is 5.91 Å². The summed E-state index contributed by atoms with van der Waals surface area (Å²) in [6.07, 6.45) is 0. The lowest BCUT2D eigenvalue weighted by molar-refractivity contribution is -0.116. The molecule has 1 aromatic heterocycles. The molecule has 1 aromatic carbocycles. The number of methoxy groups -OCH3 is 2. The van der Waals surface area contributed by atoms with Gasteiger partial charge in [-0.15, -0.1) is 0 Å². The Morgan fingerprint density at radius 3 is 2.24 bits per heavy atom. The Balaban J connectivity index is 3.07. The van der Waals surface area contributed by atoms with E-state index >= 15 is 0 Å². The van der Waals surface area contributed by atoms with E-state index in [-0.39, 0.29) is 11.7 Å². The highest BCUT2D eigenvalue weighted by molar-refractivity contribution is 14.1. The molecule has 0 bridgehead atoms. The maximum absolute atomic E-state index is 12.0. The van der Waals surface area contributed by atoms with E-state index in [1.165, 1.54) is 26.0 Å². The number of aromatic nitrogens is 2. The highest BCUT2D eigenvalue weighted by Crippen LogP contribution is 2.48. The molecule has 0 fully saturated rings. The fraction of sp³-hybridized carbons (Fsp3) is 0.438. The van der Waals surface area contributed by atoms with Gasteiger partial charge in [0.1, 0.15) is 17.3 Å². The number of hydrogen-bond donors (Lipinski definition) is 2. The van der Waals surface area contributed by atoms with Crippen LogP contribution in [0.4, 0.5) is 11.5 Å². The van der Waals surface area contributed by atoms with Crippen LogP contribution in [0.25, 0.3) is 10.9 Å². The number of fused-ring (bicyclic) bond motifs is 1. The first-order valence-corrected chi connectivity index (χ1v) is 8.94. The zero-order chi connectivity index (χ0) is 19.1. The van der Waals surface area contributed by atoms with Crippen LogP contribution in [0, 0.1) is 3.57 Å². The number of amides is 1. The predicted octanol–water partition coefficient (Wildman–Crippen LogP) is 2.98. The van der Waals surface area contributed by atoms with Crippen LogP contribution in [0.1, 0.15) is 26.6 Å². The van der Waals surface area contributed by atoms with Crippen LogP contribution >= 0.6 is 35.2 Å². The van der Waals surface area contributed by atoms with Crippen LogP contribution in [0.2, 0.25) is 0 Å². The van der Waals surface area contributed by atoms with Crippen molar-refractivity contribution in [2.75, 3.05) is 31.9 Å². The number of ether oxygens (including phenoxy) is 2. The fourth-order valence-electron chi connectivity index (χ4n) is 2.42. The molecule has 136 valence electrons. The average molecular weight is 476 g/mol. The lowest BCUT2D eigenvalue weighted by atomic mass is 10.1. The number of benzene rings is 1. The highest BCUT2D eigenvalue weighted by Gasteiger charge is 2.29. The van der Waals surface area contributed by atoms with Gasteiger partial charge in [0, 0.05) is 14.0 Å². The lowest BCUT2D eigenvalue weighted by Gasteiger charge is -2.25. The molecule has 1 heterocycles. The molecule has 0 atom stereocenters. The molecule has 0 unspecified atom stereocenters.